The Kier molecular flexibility index (Phi) is 4.10. The van der Waals surface area contributed by atoms with E-state index in [1.54, 1.807) is 18.5 Å². The van der Waals surface area contributed by atoms with Crippen molar-refractivity contribution in [2.45, 2.75) is 31.4 Å². The van der Waals surface area contributed by atoms with E-state index in [1.807, 2.05) is 18.2 Å². The Labute approximate surface area is 123 Å². The number of pyridine rings is 2. The number of aromatic nitrogens is 2. The highest BCUT2D eigenvalue weighted by atomic mass is 19.1. The molecule has 0 aromatic carbocycles. The molecule has 0 bridgehead atoms. The van der Waals surface area contributed by atoms with Gasteiger partial charge in [0.1, 0.15) is 0 Å². The lowest BCUT2D eigenvalue weighted by molar-refractivity contribution is 0.0340. The third-order valence-corrected chi connectivity index (χ3v) is 3.99. The van der Waals surface area contributed by atoms with Crippen molar-refractivity contribution in [1.82, 2.24) is 9.97 Å². The molecule has 21 heavy (non-hydrogen) atoms. The normalized spacial score (nSPS) is 22.4. The van der Waals surface area contributed by atoms with Crippen LogP contribution in [-0.4, -0.2) is 27.2 Å². The molecule has 1 atom stereocenters. The zero-order chi connectivity index (χ0) is 14.7. The van der Waals surface area contributed by atoms with E-state index in [1.165, 1.54) is 6.20 Å². The molecule has 1 saturated carbocycles. The van der Waals surface area contributed by atoms with E-state index < -0.39 is 0 Å². The molecule has 0 radical (unpaired) electrons. The molecule has 1 aliphatic rings. The second-order valence-electron chi connectivity index (χ2n) is 5.52. The summed E-state index contributed by atoms with van der Waals surface area (Å²) in [7, 11) is 0. The molecule has 4 nitrogen and oxygen atoms in total. The van der Waals surface area contributed by atoms with Crippen molar-refractivity contribution >= 4 is 5.69 Å². The number of hydrogen-bond donors (Lipinski definition) is 2. The Bertz CT molecular complexity index is 587. The van der Waals surface area contributed by atoms with Crippen LogP contribution in [0.4, 0.5) is 10.1 Å². The van der Waals surface area contributed by atoms with Crippen LogP contribution in [0.1, 0.15) is 18.5 Å². The number of rotatable bonds is 5. The molecule has 1 unspecified atom stereocenters. The van der Waals surface area contributed by atoms with Crippen molar-refractivity contribution < 1.29 is 9.50 Å². The topological polar surface area (TPSA) is 58.0 Å². The van der Waals surface area contributed by atoms with Crippen molar-refractivity contribution in [2.24, 2.45) is 5.92 Å². The van der Waals surface area contributed by atoms with Gasteiger partial charge >= 0.3 is 0 Å². The summed E-state index contributed by atoms with van der Waals surface area (Å²) in [6.45, 7) is 0. The second-order valence-corrected chi connectivity index (χ2v) is 5.52. The standard InChI is InChI=1S/C16H18FN3O/c17-14-10-18-6-4-15(14)20-16(11-7-13(21)8-11)9-12-3-1-2-5-19-12/h1-6,10-11,13,16,21H,7-9H2,(H,18,20). The van der Waals surface area contributed by atoms with Crippen LogP contribution in [0.15, 0.2) is 42.9 Å². The number of aliphatic hydroxyl groups is 1. The largest absolute Gasteiger partial charge is 0.393 e. The fraction of sp³-hybridized carbons (Fsp3) is 0.375. The van der Waals surface area contributed by atoms with E-state index in [2.05, 4.69) is 15.3 Å². The molecule has 1 fully saturated rings. The molecule has 2 aromatic rings. The van der Waals surface area contributed by atoms with Crippen LogP contribution < -0.4 is 5.32 Å². The average molecular weight is 287 g/mol. The quantitative estimate of drug-likeness (QED) is 0.886. The van der Waals surface area contributed by atoms with Crippen LogP contribution in [0.5, 0.6) is 0 Å². The summed E-state index contributed by atoms with van der Waals surface area (Å²) in [5.41, 5.74) is 1.41. The van der Waals surface area contributed by atoms with Crippen molar-refractivity contribution in [1.29, 1.82) is 0 Å². The van der Waals surface area contributed by atoms with Gasteiger partial charge in [-0.3, -0.25) is 9.97 Å². The number of nitrogens with zero attached hydrogens (tertiary/aromatic N) is 2. The zero-order valence-electron chi connectivity index (χ0n) is 11.6. The Morgan fingerprint density at radius 3 is 2.81 bits per heavy atom. The summed E-state index contributed by atoms with van der Waals surface area (Å²) >= 11 is 0. The van der Waals surface area contributed by atoms with Crippen molar-refractivity contribution in [2.75, 3.05) is 5.32 Å². The molecular weight excluding hydrogens is 269 g/mol. The van der Waals surface area contributed by atoms with Gasteiger partial charge in [-0.1, -0.05) is 6.07 Å². The van der Waals surface area contributed by atoms with Gasteiger partial charge in [0.05, 0.1) is 18.0 Å². The Hall–Kier alpha value is -2.01. The summed E-state index contributed by atoms with van der Waals surface area (Å²) in [5, 5.41) is 12.8. The summed E-state index contributed by atoms with van der Waals surface area (Å²) in [5.74, 6) is -0.0297. The van der Waals surface area contributed by atoms with Gasteiger partial charge in [-0.25, -0.2) is 4.39 Å². The second kappa shape index (κ2) is 6.18. The maximum atomic E-state index is 13.8. The number of aliphatic hydroxyl groups excluding tert-OH is 1. The van der Waals surface area contributed by atoms with E-state index in [0.717, 1.165) is 18.5 Å². The van der Waals surface area contributed by atoms with Gasteiger partial charge < -0.3 is 10.4 Å². The Morgan fingerprint density at radius 2 is 2.14 bits per heavy atom. The minimum Gasteiger partial charge on any atom is -0.393 e. The maximum absolute atomic E-state index is 13.8. The molecule has 2 N–H and O–H groups in total. The van der Waals surface area contributed by atoms with Gasteiger partial charge in [0.2, 0.25) is 0 Å². The predicted molar refractivity (Wildman–Crippen MR) is 78.3 cm³/mol. The highest BCUT2D eigenvalue weighted by Crippen LogP contribution is 2.33. The predicted octanol–water partition coefficient (Wildman–Crippen LogP) is 2.41. The van der Waals surface area contributed by atoms with Crippen LogP contribution in [0, 0.1) is 11.7 Å². The molecule has 0 spiro atoms. The van der Waals surface area contributed by atoms with Crippen LogP contribution in [0.2, 0.25) is 0 Å². The third kappa shape index (κ3) is 3.36. The molecular formula is C16H18FN3O. The number of hydrogen-bond acceptors (Lipinski definition) is 4. The Morgan fingerprint density at radius 1 is 1.29 bits per heavy atom. The molecule has 1 aliphatic carbocycles. The van der Waals surface area contributed by atoms with E-state index >= 15 is 0 Å². The molecule has 0 amide bonds. The number of nitrogens with one attached hydrogen (secondary N) is 1. The lowest BCUT2D eigenvalue weighted by Gasteiger charge is -2.38. The van der Waals surface area contributed by atoms with Crippen molar-refractivity contribution in [3.05, 3.63) is 54.4 Å². The minimum absolute atomic E-state index is 0.0557. The fourth-order valence-electron chi connectivity index (χ4n) is 2.73. The lowest BCUT2D eigenvalue weighted by atomic mass is 9.76. The van der Waals surface area contributed by atoms with Gasteiger partial charge in [0.15, 0.2) is 5.82 Å². The Balaban J connectivity index is 1.75. The first-order chi connectivity index (χ1) is 10.2. The van der Waals surface area contributed by atoms with E-state index in [4.69, 9.17) is 0 Å². The van der Waals surface area contributed by atoms with Crippen LogP contribution in [-0.2, 0) is 6.42 Å². The zero-order valence-corrected chi connectivity index (χ0v) is 11.6. The van der Waals surface area contributed by atoms with E-state index in [-0.39, 0.29) is 18.0 Å². The van der Waals surface area contributed by atoms with Gasteiger partial charge in [0, 0.05) is 30.6 Å². The van der Waals surface area contributed by atoms with Crippen LogP contribution in [0.3, 0.4) is 0 Å². The molecule has 2 heterocycles. The molecule has 110 valence electrons. The number of halogens is 1. The molecule has 2 aromatic heterocycles. The summed E-state index contributed by atoms with van der Waals surface area (Å²) in [4.78, 5) is 8.09. The number of anilines is 1. The van der Waals surface area contributed by atoms with E-state index in [0.29, 0.717) is 18.0 Å². The first kappa shape index (κ1) is 13.9. The van der Waals surface area contributed by atoms with Crippen LogP contribution >= 0.6 is 0 Å². The monoisotopic (exact) mass is 287 g/mol. The highest BCUT2D eigenvalue weighted by Gasteiger charge is 2.34. The smallest absolute Gasteiger partial charge is 0.164 e. The first-order valence-electron chi connectivity index (χ1n) is 7.16. The molecule has 3 rings (SSSR count). The lowest BCUT2D eigenvalue weighted by Crippen LogP contribution is -2.42. The minimum atomic E-state index is -0.358. The average Bonchev–Trinajstić information content (AvgIpc) is 2.47. The summed E-state index contributed by atoms with van der Waals surface area (Å²) in [6, 6.07) is 7.48. The summed E-state index contributed by atoms with van der Waals surface area (Å²) < 4.78 is 13.8. The van der Waals surface area contributed by atoms with Gasteiger partial charge in [0.25, 0.3) is 0 Å². The van der Waals surface area contributed by atoms with E-state index in [9.17, 15) is 9.50 Å². The molecule has 5 heteroatoms. The van der Waals surface area contributed by atoms with Crippen molar-refractivity contribution in [3.8, 4) is 0 Å². The molecule has 0 saturated heterocycles. The van der Waals surface area contributed by atoms with Gasteiger partial charge in [-0.15, -0.1) is 0 Å². The molecule has 0 aliphatic heterocycles. The maximum Gasteiger partial charge on any atom is 0.164 e. The fourth-order valence-corrected chi connectivity index (χ4v) is 2.73. The van der Waals surface area contributed by atoms with Gasteiger partial charge in [-0.2, -0.15) is 0 Å². The van der Waals surface area contributed by atoms with Gasteiger partial charge in [-0.05, 0) is 37.0 Å². The third-order valence-electron chi connectivity index (χ3n) is 3.99. The highest BCUT2D eigenvalue weighted by molar-refractivity contribution is 5.44. The van der Waals surface area contributed by atoms with Crippen LogP contribution in [0.25, 0.3) is 0 Å². The SMILES string of the molecule is OC1CC(C(Cc2ccccn2)Nc2ccncc2F)C1. The summed E-state index contributed by atoms with van der Waals surface area (Å²) in [6.07, 6.45) is 6.50. The first-order valence-corrected chi connectivity index (χ1v) is 7.16. The van der Waals surface area contributed by atoms with Crippen molar-refractivity contribution in [3.63, 3.8) is 0 Å².